The highest BCUT2D eigenvalue weighted by atomic mass is 32.2. The largest absolute Gasteiger partial charge is 0.407 e. The minimum Gasteiger partial charge on any atom is -0.340 e. The zero-order valence-electron chi connectivity index (χ0n) is 19.5. The number of nitrogens with one attached hydrogen (secondary N) is 3. The summed E-state index contributed by atoms with van der Waals surface area (Å²) >= 11 is 0. The molecule has 2 aromatic rings. The van der Waals surface area contributed by atoms with E-state index in [4.69, 9.17) is 0 Å². The lowest BCUT2D eigenvalue weighted by atomic mass is 10.0. The van der Waals surface area contributed by atoms with E-state index in [0.717, 1.165) is 24.3 Å². The fourth-order valence-electron chi connectivity index (χ4n) is 2.95. The summed E-state index contributed by atoms with van der Waals surface area (Å²) in [6.07, 6.45) is -4.53. The number of sulfonamides is 1. The number of halogens is 4. The Labute approximate surface area is 201 Å². The number of benzene rings is 2. The van der Waals surface area contributed by atoms with E-state index in [2.05, 4.69) is 10.6 Å². The minimum atomic E-state index is -4.81. The molecule has 7 nitrogen and oxygen atoms in total. The Hall–Kier alpha value is -2.99. The Morgan fingerprint density at radius 2 is 1.49 bits per heavy atom. The van der Waals surface area contributed by atoms with Gasteiger partial charge in [-0.3, -0.25) is 9.59 Å². The molecule has 0 unspecified atom stereocenters. The van der Waals surface area contributed by atoms with Gasteiger partial charge in [0.1, 0.15) is 17.4 Å². The van der Waals surface area contributed by atoms with Gasteiger partial charge in [-0.15, -0.1) is 0 Å². The first-order chi connectivity index (χ1) is 16.0. The van der Waals surface area contributed by atoms with E-state index in [1.54, 1.807) is 4.72 Å². The van der Waals surface area contributed by atoms with Gasteiger partial charge in [-0.2, -0.15) is 17.9 Å². The van der Waals surface area contributed by atoms with Crippen LogP contribution in [0.3, 0.4) is 0 Å². The van der Waals surface area contributed by atoms with E-state index in [1.165, 1.54) is 24.3 Å². The van der Waals surface area contributed by atoms with Gasteiger partial charge < -0.3 is 10.6 Å². The second-order valence-corrected chi connectivity index (χ2v) is 10.6. The topological polar surface area (TPSA) is 104 Å². The molecule has 0 saturated heterocycles. The molecule has 2 rings (SSSR count). The second-order valence-electron chi connectivity index (χ2n) is 8.90. The summed E-state index contributed by atoms with van der Waals surface area (Å²) < 4.78 is 78.6. The van der Waals surface area contributed by atoms with Crippen LogP contribution in [0.25, 0.3) is 0 Å². The van der Waals surface area contributed by atoms with Gasteiger partial charge in [0.2, 0.25) is 15.9 Å². The van der Waals surface area contributed by atoms with E-state index in [0.29, 0.717) is 13.8 Å². The zero-order chi connectivity index (χ0) is 26.6. The molecular formula is C23H27F4N3O4S. The maximum Gasteiger partial charge on any atom is 0.407 e. The Morgan fingerprint density at radius 3 is 1.97 bits per heavy atom. The molecule has 0 fully saturated rings. The van der Waals surface area contributed by atoms with Crippen molar-refractivity contribution in [1.29, 1.82) is 0 Å². The molecule has 1 atom stereocenters. The monoisotopic (exact) mass is 517 g/mol. The van der Waals surface area contributed by atoms with Crippen molar-refractivity contribution in [1.82, 2.24) is 10.0 Å². The molecule has 35 heavy (non-hydrogen) atoms. The number of hydrogen-bond acceptors (Lipinski definition) is 4. The van der Waals surface area contributed by atoms with Gasteiger partial charge in [0.25, 0.3) is 5.91 Å². The molecule has 0 aliphatic heterocycles. The van der Waals surface area contributed by atoms with Crippen LogP contribution in [0.1, 0.15) is 44.5 Å². The predicted molar refractivity (Wildman–Crippen MR) is 123 cm³/mol. The zero-order valence-corrected chi connectivity index (χ0v) is 20.4. The summed E-state index contributed by atoms with van der Waals surface area (Å²) in [7, 11) is -4.49. The van der Waals surface area contributed by atoms with Crippen molar-refractivity contribution < 1.29 is 35.6 Å². The summed E-state index contributed by atoms with van der Waals surface area (Å²) in [4.78, 5) is 24.9. The highest BCUT2D eigenvalue weighted by Gasteiger charge is 2.49. The smallest absolute Gasteiger partial charge is 0.340 e. The number of amides is 2. The summed E-state index contributed by atoms with van der Waals surface area (Å²) in [6.45, 7) is 5.10. The van der Waals surface area contributed by atoms with Gasteiger partial charge in [0, 0.05) is 11.3 Å². The van der Waals surface area contributed by atoms with E-state index in [-0.39, 0.29) is 23.6 Å². The number of hydrogen-bond donors (Lipinski definition) is 3. The SMILES string of the molecule is CC(C)C[C@H](NC(=O)c1ccc(F)cc1)C(=O)Nc1ccc(S(=O)(=O)NC(C)(C)C(F)(F)F)cc1. The van der Waals surface area contributed by atoms with Crippen molar-refractivity contribution in [2.75, 3.05) is 5.32 Å². The summed E-state index contributed by atoms with van der Waals surface area (Å²) in [5, 5.41) is 5.15. The summed E-state index contributed by atoms with van der Waals surface area (Å²) in [6, 6.07) is 8.40. The van der Waals surface area contributed by atoms with Crippen LogP contribution in [-0.2, 0) is 14.8 Å². The number of alkyl halides is 3. The molecule has 0 bridgehead atoms. The van der Waals surface area contributed by atoms with E-state index < -0.39 is 50.3 Å². The van der Waals surface area contributed by atoms with Gasteiger partial charge in [-0.05, 0) is 74.7 Å². The number of anilines is 1. The van der Waals surface area contributed by atoms with Crippen molar-refractivity contribution in [2.24, 2.45) is 5.92 Å². The van der Waals surface area contributed by atoms with Crippen LogP contribution < -0.4 is 15.4 Å². The van der Waals surface area contributed by atoms with Gasteiger partial charge in [-0.1, -0.05) is 13.8 Å². The normalized spacial score (nSPS) is 13.4. The Balaban J connectivity index is 2.14. The van der Waals surface area contributed by atoms with E-state index in [9.17, 15) is 35.6 Å². The van der Waals surface area contributed by atoms with Crippen LogP contribution in [0.2, 0.25) is 0 Å². The highest BCUT2D eigenvalue weighted by Crippen LogP contribution is 2.31. The second kappa shape index (κ2) is 10.7. The van der Waals surface area contributed by atoms with Crippen LogP contribution in [0.5, 0.6) is 0 Å². The molecule has 3 N–H and O–H groups in total. The molecule has 2 amide bonds. The standard InChI is InChI=1S/C23H27F4N3O4S/c1-14(2)13-19(29-20(31)15-5-7-16(24)8-6-15)21(32)28-17-9-11-18(12-10-17)35(33,34)30-22(3,4)23(25,26)27/h5-12,14,19,30H,13H2,1-4H3,(H,28,32)(H,29,31)/t19-/m0/s1. The maximum atomic E-state index is 13.1. The lowest BCUT2D eigenvalue weighted by Crippen LogP contribution is -2.54. The first kappa shape index (κ1) is 28.2. The highest BCUT2D eigenvalue weighted by molar-refractivity contribution is 7.89. The third kappa shape index (κ3) is 7.76. The minimum absolute atomic E-state index is 0.0230. The molecule has 0 radical (unpaired) electrons. The van der Waals surface area contributed by atoms with Crippen molar-refractivity contribution in [3.05, 3.63) is 59.9 Å². The average Bonchev–Trinajstić information content (AvgIpc) is 2.72. The molecule has 0 aromatic heterocycles. The predicted octanol–water partition coefficient (Wildman–Crippen LogP) is 4.23. The van der Waals surface area contributed by atoms with Crippen molar-refractivity contribution >= 4 is 27.5 Å². The average molecular weight is 518 g/mol. The van der Waals surface area contributed by atoms with Crippen LogP contribution in [-0.4, -0.2) is 38.0 Å². The summed E-state index contributed by atoms with van der Waals surface area (Å²) in [5.74, 6) is -1.65. The molecule has 0 heterocycles. The molecule has 0 aliphatic carbocycles. The number of rotatable bonds is 9. The van der Waals surface area contributed by atoms with E-state index >= 15 is 0 Å². The van der Waals surface area contributed by atoms with Crippen LogP contribution in [0, 0.1) is 11.7 Å². The van der Waals surface area contributed by atoms with E-state index in [1.807, 2.05) is 13.8 Å². The molecular weight excluding hydrogens is 490 g/mol. The number of carbonyl (C=O) groups is 2. The molecule has 0 spiro atoms. The Kier molecular flexibility index (Phi) is 8.66. The fraction of sp³-hybridized carbons (Fsp3) is 0.391. The lowest BCUT2D eigenvalue weighted by Gasteiger charge is -2.28. The van der Waals surface area contributed by atoms with Crippen molar-refractivity contribution in [2.45, 2.75) is 56.8 Å². The van der Waals surface area contributed by atoms with Crippen LogP contribution in [0.15, 0.2) is 53.4 Å². The summed E-state index contributed by atoms with van der Waals surface area (Å²) in [5.41, 5.74) is -2.35. The maximum absolute atomic E-state index is 13.1. The van der Waals surface area contributed by atoms with Gasteiger partial charge >= 0.3 is 6.18 Å². The molecule has 2 aromatic carbocycles. The van der Waals surface area contributed by atoms with Crippen LogP contribution in [0.4, 0.5) is 23.2 Å². The Morgan fingerprint density at radius 1 is 0.943 bits per heavy atom. The van der Waals surface area contributed by atoms with Crippen LogP contribution >= 0.6 is 0 Å². The fourth-order valence-corrected chi connectivity index (χ4v) is 4.35. The quantitative estimate of drug-likeness (QED) is 0.433. The first-order valence-corrected chi connectivity index (χ1v) is 12.1. The first-order valence-electron chi connectivity index (χ1n) is 10.6. The molecule has 0 saturated carbocycles. The number of carbonyl (C=O) groups excluding carboxylic acids is 2. The van der Waals surface area contributed by atoms with Crippen molar-refractivity contribution in [3.8, 4) is 0 Å². The molecule has 192 valence electrons. The Bertz CT molecular complexity index is 1150. The van der Waals surface area contributed by atoms with Gasteiger partial charge in [0.15, 0.2) is 0 Å². The molecule has 12 heteroatoms. The van der Waals surface area contributed by atoms with Gasteiger partial charge in [0.05, 0.1) is 4.90 Å². The third-order valence-electron chi connectivity index (χ3n) is 4.97. The molecule has 0 aliphatic rings. The lowest BCUT2D eigenvalue weighted by molar-refractivity contribution is -0.180. The van der Waals surface area contributed by atoms with Gasteiger partial charge in [-0.25, -0.2) is 12.8 Å². The van der Waals surface area contributed by atoms with Crippen molar-refractivity contribution in [3.63, 3.8) is 0 Å². The third-order valence-corrected chi connectivity index (χ3v) is 6.64.